The van der Waals surface area contributed by atoms with Gasteiger partial charge in [0, 0.05) is 35.5 Å². The highest BCUT2D eigenvalue weighted by Gasteiger charge is 2.11. The summed E-state index contributed by atoms with van der Waals surface area (Å²) in [6, 6.07) is 12.1. The van der Waals surface area contributed by atoms with Gasteiger partial charge in [-0.3, -0.25) is 9.59 Å². The standard InChI is InChI=1S/C18H17N3O2/c1-3-21-12(2)10-16(22)14-11-13(7-8-15(14)21)18(23)20-17-6-4-5-9-19-17/h4-11H,3H2,1-2H3,(H,19,20,23). The molecule has 0 saturated heterocycles. The Morgan fingerprint density at radius 2 is 2.04 bits per heavy atom. The van der Waals surface area contributed by atoms with Crippen molar-refractivity contribution in [1.29, 1.82) is 0 Å². The molecule has 3 aromatic rings. The molecule has 1 aromatic carbocycles. The second kappa shape index (κ2) is 6.04. The highest BCUT2D eigenvalue weighted by atomic mass is 16.1. The third-order valence-electron chi connectivity index (χ3n) is 3.80. The Balaban J connectivity index is 2.03. The summed E-state index contributed by atoms with van der Waals surface area (Å²) in [5.74, 6) is 0.195. The molecule has 1 N–H and O–H groups in total. The quantitative estimate of drug-likeness (QED) is 0.809. The van der Waals surface area contributed by atoms with Crippen LogP contribution in [0, 0.1) is 6.92 Å². The van der Waals surface area contributed by atoms with Crippen LogP contribution in [0.15, 0.2) is 53.5 Å². The molecule has 3 rings (SSSR count). The molecule has 2 aromatic heterocycles. The highest BCUT2D eigenvalue weighted by Crippen LogP contribution is 2.16. The summed E-state index contributed by atoms with van der Waals surface area (Å²) in [4.78, 5) is 28.6. The van der Waals surface area contributed by atoms with Gasteiger partial charge in [-0.2, -0.15) is 0 Å². The third-order valence-corrected chi connectivity index (χ3v) is 3.80. The number of pyridine rings is 2. The Bertz CT molecular complexity index is 930. The third kappa shape index (κ3) is 2.85. The van der Waals surface area contributed by atoms with E-state index in [2.05, 4.69) is 14.9 Å². The summed E-state index contributed by atoms with van der Waals surface area (Å²) in [6.07, 6.45) is 1.61. The lowest BCUT2D eigenvalue weighted by atomic mass is 10.1. The number of carbonyl (C=O) groups excluding carboxylic acids is 1. The molecule has 5 nitrogen and oxygen atoms in total. The SMILES string of the molecule is CCn1c(C)cc(=O)c2cc(C(=O)Nc3ccccn3)ccc21. The second-order valence-corrected chi connectivity index (χ2v) is 5.30. The molecule has 0 unspecified atom stereocenters. The number of fused-ring (bicyclic) bond motifs is 1. The molecular formula is C18H17N3O2. The van der Waals surface area contributed by atoms with Gasteiger partial charge in [0.2, 0.25) is 0 Å². The minimum Gasteiger partial charge on any atom is -0.345 e. The highest BCUT2D eigenvalue weighted by molar-refractivity contribution is 6.05. The fourth-order valence-corrected chi connectivity index (χ4v) is 2.69. The first-order valence-corrected chi connectivity index (χ1v) is 7.46. The van der Waals surface area contributed by atoms with E-state index >= 15 is 0 Å². The second-order valence-electron chi connectivity index (χ2n) is 5.30. The van der Waals surface area contributed by atoms with Crippen molar-refractivity contribution >= 4 is 22.6 Å². The van der Waals surface area contributed by atoms with E-state index in [0.717, 1.165) is 17.8 Å². The maximum atomic E-state index is 12.3. The van der Waals surface area contributed by atoms with Crippen LogP contribution >= 0.6 is 0 Å². The van der Waals surface area contributed by atoms with E-state index in [4.69, 9.17) is 0 Å². The monoisotopic (exact) mass is 307 g/mol. The van der Waals surface area contributed by atoms with Crippen LogP contribution in [0.4, 0.5) is 5.82 Å². The summed E-state index contributed by atoms with van der Waals surface area (Å²) in [6.45, 7) is 4.70. The smallest absolute Gasteiger partial charge is 0.256 e. The number of nitrogens with one attached hydrogen (secondary N) is 1. The fourth-order valence-electron chi connectivity index (χ4n) is 2.69. The molecule has 116 valence electrons. The summed E-state index contributed by atoms with van der Waals surface area (Å²) in [5, 5.41) is 3.27. The van der Waals surface area contributed by atoms with Gasteiger partial charge in [0.05, 0.1) is 5.52 Å². The maximum absolute atomic E-state index is 12.3. The van der Waals surface area contributed by atoms with E-state index in [-0.39, 0.29) is 11.3 Å². The van der Waals surface area contributed by atoms with E-state index in [9.17, 15) is 9.59 Å². The lowest BCUT2D eigenvalue weighted by Gasteiger charge is -2.13. The fraction of sp³-hybridized carbons (Fsp3) is 0.167. The van der Waals surface area contributed by atoms with Crippen LogP contribution in [0.25, 0.3) is 10.9 Å². The molecule has 0 aliphatic rings. The number of nitrogens with zero attached hydrogens (tertiary/aromatic N) is 2. The predicted octanol–water partition coefficient (Wildman–Crippen LogP) is 2.98. The minimum atomic E-state index is -0.284. The van der Waals surface area contributed by atoms with Gasteiger partial charge >= 0.3 is 0 Å². The van der Waals surface area contributed by atoms with Gasteiger partial charge in [-0.15, -0.1) is 0 Å². The summed E-state index contributed by atoms with van der Waals surface area (Å²) >= 11 is 0. The lowest BCUT2D eigenvalue weighted by Crippen LogP contribution is -2.15. The number of rotatable bonds is 3. The zero-order valence-electron chi connectivity index (χ0n) is 13.0. The van der Waals surface area contributed by atoms with Crippen molar-refractivity contribution in [2.75, 3.05) is 5.32 Å². The van der Waals surface area contributed by atoms with Gasteiger partial charge in [-0.1, -0.05) is 6.07 Å². The topological polar surface area (TPSA) is 64.0 Å². The molecule has 0 aliphatic carbocycles. The summed E-state index contributed by atoms with van der Waals surface area (Å²) in [7, 11) is 0. The maximum Gasteiger partial charge on any atom is 0.256 e. The van der Waals surface area contributed by atoms with Gasteiger partial charge in [0.1, 0.15) is 5.82 Å². The number of aromatic nitrogens is 2. The zero-order chi connectivity index (χ0) is 16.4. The molecule has 5 heteroatoms. The van der Waals surface area contributed by atoms with Crippen molar-refractivity contribution in [3.63, 3.8) is 0 Å². The Kier molecular flexibility index (Phi) is 3.93. The molecule has 0 fully saturated rings. The van der Waals surface area contributed by atoms with Crippen molar-refractivity contribution in [1.82, 2.24) is 9.55 Å². The molecule has 0 radical (unpaired) electrons. The number of carbonyl (C=O) groups is 1. The van der Waals surface area contributed by atoms with Crippen LogP contribution in [0.1, 0.15) is 23.0 Å². The first-order chi connectivity index (χ1) is 11.1. The molecular weight excluding hydrogens is 290 g/mol. The van der Waals surface area contributed by atoms with Crippen molar-refractivity contribution in [3.8, 4) is 0 Å². The number of benzene rings is 1. The average Bonchev–Trinajstić information content (AvgIpc) is 2.56. The van der Waals surface area contributed by atoms with E-state index in [0.29, 0.717) is 16.8 Å². The van der Waals surface area contributed by atoms with Crippen LogP contribution in [-0.4, -0.2) is 15.5 Å². The Labute approximate surface area is 133 Å². The summed E-state index contributed by atoms with van der Waals surface area (Å²) in [5.41, 5.74) is 2.11. The van der Waals surface area contributed by atoms with Gasteiger partial charge in [0.25, 0.3) is 5.91 Å². The number of amides is 1. The van der Waals surface area contributed by atoms with Crippen LogP contribution in [-0.2, 0) is 6.54 Å². The van der Waals surface area contributed by atoms with Gasteiger partial charge in [-0.25, -0.2) is 4.98 Å². The molecule has 0 spiro atoms. The summed E-state index contributed by atoms with van der Waals surface area (Å²) < 4.78 is 2.05. The van der Waals surface area contributed by atoms with E-state index in [1.165, 1.54) is 0 Å². The molecule has 0 atom stereocenters. The first-order valence-electron chi connectivity index (χ1n) is 7.46. The van der Waals surface area contributed by atoms with E-state index < -0.39 is 0 Å². The van der Waals surface area contributed by atoms with Gasteiger partial charge in [-0.05, 0) is 44.2 Å². The van der Waals surface area contributed by atoms with Crippen LogP contribution in [0.2, 0.25) is 0 Å². The van der Waals surface area contributed by atoms with Crippen molar-refractivity contribution < 1.29 is 4.79 Å². The van der Waals surface area contributed by atoms with Gasteiger partial charge < -0.3 is 9.88 Å². The average molecular weight is 307 g/mol. The Morgan fingerprint density at radius 3 is 2.74 bits per heavy atom. The normalized spacial score (nSPS) is 10.7. The number of hydrogen-bond donors (Lipinski definition) is 1. The zero-order valence-corrected chi connectivity index (χ0v) is 13.0. The number of aryl methyl sites for hydroxylation is 2. The van der Waals surface area contributed by atoms with Gasteiger partial charge in [0.15, 0.2) is 5.43 Å². The number of hydrogen-bond acceptors (Lipinski definition) is 3. The van der Waals surface area contributed by atoms with Crippen LogP contribution < -0.4 is 10.7 Å². The molecule has 1 amide bonds. The Hall–Kier alpha value is -2.95. The molecule has 0 aliphatic heterocycles. The molecule has 23 heavy (non-hydrogen) atoms. The first kappa shape index (κ1) is 15.0. The van der Waals surface area contributed by atoms with E-state index in [1.807, 2.05) is 19.9 Å². The van der Waals surface area contributed by atoms with E-state index in [1.54, 1.807) is 42.6 Å². The predicted molar refractivity (Wildman–Crippen MR) is 90.8 cm³/mol. The molecule has 0 saturated carbocycles. The van der Waals surface area contributed by atoms with Crippen molar-refractivity contribution in [3.05, 3.63) is 70.1 Å². The Morgan fingerprint density at radius 1 is 1.22 bits per heavy atom. The molecule has 2 heterocycles. The lowest BCUT2D eigenvalue weighted by molar-refractivity contribution is 0.102. The van der Waals surface area contributed by atoms with Crippen molar-refractivity contribution in [2.24, 2.45) is 0 Å². The minimum absolute atomic E-state index is 0.0744. The largest absolute Gasteiger partial charge is 0.345 e. The van der Waals surface area contributed by atoms with Crippen LogP contribution in [0.5, 0.6) is 0 Å². The number of anilines is 1. The van der Waals surface area contributed by atoms with Crippen LogP contribution in [0.3, 0.4) is 0 Å². The van der Waals surface area contributed by atoms with Crippen molar-refractivity contribution in [2.45, 2.75) is 20.4 Å². The molecule has 0 bridgehead atoms.